The molecule has 5 rings (SSSR count). The number of nitrogens with zero attached hydrogens (tertiary/aromatic N) is 4. The Morgan fingerprint density at radius 3 is 2.72 bits per heavy atom. The number of aromatic nitrogens is 2. The number of amides is 1. The average Bonchev–Trinajstić information content (AvgIpc) is 3.46. The van der Waals surface area contributed by atoms with Crippen LogP contribution in [0.3, 0.4) is 0 Å². The minimum Gasteiger partial charge on any atom is -0.486 e. The van der Waals surface area contributed by atoms with E-state index in [1.807, 2.05) is 22.8 Å². The van der Waals surface area contributed by atoms with Gasteiger partial charge in [-0.05, 0) is 42.8 Å². The highest BCUT2D eigenvalue weighted by molar-refractivity contribution is 5.95. The molecule has 0 aliphatic carbocycles. The van der Waals surface area contributed by atoms with Crippen LogP contribution in [0.4, 0.5) is 14.5 Å². The van der Waals surface area contributed by atoms with E-state index in [9.17, 15) is 18.8 Å². The van der Waals surface area contributed by atoms with E-state index < -0.39 is 6.61 Å². The Labute approximate surface area is 206 Å². The summed E-state index contributed by atoms with van der Waals surface area (Å²) < 4.78 is 38.5. The van der Waals surface area contributed by atoms with Gasteiger partial charge in [-0.25, -0.2) is 4.98 Å². The van der Waals surface area contributed by atoms with Crippen molar-refractivity contribution in [2.75, 3.05) is 11.4 Å². The maximum atomic E-state index is 13.0. The van der Waals surface area contributed by atoms with Crippen LogP contribution in [0, 0.1) is 11.3 Å². The zero-order chi connectivity index (χ0) is 25.1. The molecule has 1 fully saturated rings. The molecular formula is C27H22F2N4O3. The molecule has 1 aromatic heterocycles. The molecule has 0 atom stereocenters. The van der Waals surface area contributed by atoms with Crippen molar-refractivity contribution < 1.29 is 23.0 Å². The Balaban J connectivity index is 1.46. The molecule has 7 nitrogen and oxygen atoms in total. The second-order valence-corrected chi connectivity index (χ2v) is 8.35. The predicted molar refractivity (Wildman–Crippen MR) is 129 cm³/mol. The van der Waals surface area contributed by atoms with Crippen LogP contribution in [0.15, 0.2) is 66.7 Å². The van der Waals surface area contributed by atoms with Crippen molar-refractivity contribution >= 4 is 22.6 Å². The van der Waals surface area contributed by atoms with E-state index in [-0.39, 0.29) is 24.8 Å². The van der Waals surface area contributed by atoms with E-state index in [4.69, 9.17) is 9.47 Å². The van der Waals surface area contributed by atoms with E-state index in [0.717, 1.165) is 12.1 Å². The van der Waals surface area contributed by atoms with Gasteiger partial charge in [0.25, 0.3) is 0 Å². The molecule has 182 valence electrons. The number of anilines is 1. The first-order chi connectivity index (χ1) is 17.5. The van der Waals surface area contributed by atoms with Crippen LogP contribution in [0.5, 0.6) is 11.5 Å². The number of nitriles is 1. The van der Waals surface area contributed by atoms with Crippen LogP contribution in [0.25, 0.3) is 11.0 Å². The second kappa shape index (κ2) is 10.0. The summed E-state index contributed by atoms with van der Waals surface area (Å²) in [6.07, 6.45) is 1.37. The Kier molecular flexibility index (Phi) is 6.50. The zero-order valence-corrected chi connectivity index (χ0v) is 19.2. The van der Waals surface area contributed by atoms with E-state index in [1.54, 1.807) is 47.4 Å². The van der Waals surface area contributed by atoms with Crippen LogP contribution >= 0.6 is 0 Å². The molecule has 0 N–H and O–H groups in total. The van der Waals surface area contributed by atoms with E-state index in [2.05, 4.69) is 11.1 Å². The Morgan fingerprint density at radius 2 is 1.94 bits per heavy atom. The summed E-state index contributed by atoms with van der Waals surface area (Å²) in [6, 6.07) is 21.1. The van der Waals surface area contributed by atoms with Gasteiger partial charge in [-0.2, -0.15) is 14.0 Å². The summed E-state index contributed by atoms with van der Waals surface area (Å²) >= 11 is 0. The van der Waals surface area contributed by atoms with Gasteiger partial charge < -0.3 is 18.9 Å². The lowest BCUT2D eigenvalue weighted by atomic mass is 10.2. The summed E-state index contributed by atoms with van der Waals surface area (Å²) in [7, 11) is 0. The lowest BCUT2D eigenvalue weighted by Crippen LogP contribution is -2.23. The summed E-state index contributed by atoms with van der Waals surface area (Å²) in [4.78, 5) is 18.5. The zero-order valence-electron chi connectivity index (χ0n) is 19.2. The molecule has 1 aliphatic rings. The van der Waals surface area contributed by atoms with Crippen LogP contribution in [-0.2, 0) is 17.9 Å². The standard InChI is InChI=1S/C27H22F2N4O3/c28-27(29)36-24-8-2-1-5-19(24)16-33-23-13-18(15-30)10-11-22(23)31-25(33)17-35-21-7-3-6-20(14-21)32-12-4-9-26(32)34/h1-3,5-8,10-11,13-14,27H,4,9,12,16-17H2. The summed E-state index contributed by atoms with van der Waals surface area (Å²) in [5, 5.41) is 9.38. The number of ether oxygens (including phenoxy) is 2. The van der Waals surface area contributed by atoms with Crippen LogP contribution in [-0.4, -0.2) is 28.6 Å². The molecule has 1 amide bonds. The highest BCUT2D eigenvalue weighted by Gasteiger charge is 2.22. The van der Waals surface area contributed by atoms with Crippen LogP contribution in [0.2, 0.25) is 0 Å². The Bertz CT molecular complexity index is 1460. The van der Waals surface area contributed by atoms with Gasteiger partial charge in [0, 0.05) is 30.3 Å². The van der Waals surface area contributed by atoms with Gasteiger partial charge in [0.15, 0.2) is 0 Å². The van der Waals surface area contributed by atoms with Crippen molar-refractivity contribution in [1.82, 2.24) is 9.55 Å². The topological polar surface area (TPSA) is 80.4 Å². The summed E-state index contributed by atoms with van der Waals surface area (Å²) in [5.74, 6) is 1.28. The quantitative estimate of drug-likeness (QED) is 0.338. The number of halogens is 2. The first-order valence-electron chi connectivity index (χ1n) is 11.5. The van der Waals surface area contributed by atoms with Gasteiger partial charge >= 0.3 is 6.61 Å². The molecule has 3 aromatic carbocycles. The van der Waals surface area contributed by atoms with Gasteiger partial charge in [0.05, 0.1) is 29.2 Å². The third kappa shape index (κ3) is 4.84. The lowest BCUT2D eigenvalue weighted by Gasteiger charge is -2.17. The molecule has 2 heterocycles. The number of imidazole rings is 1. The number of alkyl halides is 2. The monoisotopic (exact) mass is 488 g/mol. The second-order valence-electron chi connectivity index (χ2n) is 8.35. The molecule has 0 unspecified atom stereocenters. The maximum Gasteiger partial charge on any atom is 0.387 e. The number of para-hydroxylation sites is 1. The number of hydrogen-bond donors (Lipinski definition) is 0. The van der Waals surface area contributed by atoms with E-state index in [1.165, 1.54) is 6.07 Å². The fraction of sp³-hybridized carbons (Fsp3) is 0.222. The largest absolute Gasteiger partial charge is 0.486 e. The van der Waals surface area contributed by atoms with Gasteiger partial charge in [-0.1, -0.05) is 24.3 Å². The van der Waals surface area contributed by atoms with Crippen molar-refractivity contribution in [3.63, 3.8) is 0 Å². The van der Waals surface area contributed by atoms with Crippen molar-refractivity contribution in [3.8, 4) is 17.6 Å². The molecule has 4 aromatic rings. The predicted octanol–water partition coefficient (Wildman–Crippen LogP) is 5.26. The van der Waals surface area contributed by atoms with Crippen LogP contribution in [0.1, 0.15) is 29.8 Å². The molecular weight excluding hydrogens is 466 g/mol. The van der Waals surface area contributed by atoms with Crippen molar-refractivity contribution in [2.24, 2.45) is 0 Å². The smallest absolute Gasteiger partial charge is 0.387 e. The van der Waals surface area contributed by atoms with E-state index in [0.29, 0.717) is 46.7 Å². The SMILES string of the molecule is N#Cc1ccc2nc(COc3cccc(N4CCCC4=O)c3)n(Cc3ccccc3OC(F)F)c2c1. The third-order valence-electron chi connectivity index (χ3n) is 6.04. The molecule has 0 radical (unpaired) electrons. The maximum absolute atomic E-state index is 13.0. The van der Waals surface area contributed by atoms with Crippen molar-refractivity contribution in [1.29, 1.82) is 5.26 Å². The number of fused-ring (bicyclic) bond motifs is 1. The minimum atomic E-state index is -2.95. The third-order valence-corrected chi connectivity index (χ3v) is 6.04. The first-order valence-corrected chi connectivity index (χ1v) is 11.5. The normalized spacial score (nSPS) is 13.4. The summed E-state index contributed by atoms with van der Waals surface area (Å²) in [6.45, 7) is -1.99. The minimum absolute atomic E-state index is 0.0700. The number of benzene rings is 3. The molecule has 9 heteroatoms. The number of carbonyl (C=O) groups excluding carboxylic acids is 1. The van der Waals surface area contributed by atoms with Crippen molar-refractivity contribution in [3.05, 3.63) is 83.7 Å². The summed E-state index contributed by atoms with van der Waals surface area (Å²) in [5.41, 5.74) is 3.10. The molecule has 1 aliphatic heterocycles. The Morgan fingerprint density at radius 1 is 1.08 bits per heavy atom. The molecule has 0 saturated carbocycles. The number of carbonyl (C=O) groups is 1. The number of hydrogen-bond acceptors (Lipinski definition) is 5. The molecule has 0 bridgehead atoms. The van der Waals surface area contributed by atoms with E-state index >= 15 is 0 Å². The first kappa shape index (κ1) is 23.3. The fourth-order valence-corrected chi connectivity index (χ4v) is 4.35. The average molecular weight is 488 g/mol. The van der Waals surface area contributed by atoms with Gasteiger partial charge in [-0.15, -0.1) is 0 Å². The number of rotatable bonds is 8. The Hall–Kier alpha value is -4.45. The lowest BCUT2D eigenvalue weighted by molar-refractivity contribution is -0.117. The van der Waals surface area contributed by atoms with Gasteiger partial charge in [-0.3, -0.25) is 4.79 Å². The van der Waals surface area contributed by atoms with Crippen molar-refractivity contribution in [2.45, 2.75) is 32.6 Å². The van der Waals surface area contributed by atoms with Gasteiger partial charge in [0.2, 0.25) is 5.91 Å². The van der Waals surface area contributed by atoms with Crippen LogP contribution < -0.4 is 14.4 Å². The fourth-order valence-electron chi connectivity index (χ4n) is 4.35. The highest BCUT2D eigenvalue weighted by atomic mass is 19.3. The molecule has 0 spiro atoms. The molecule has 1 saturated heterocycles. The van der Waals surface area contributed by atoms with Gasteiger partial charge in [0.1, 0.15) is 23.9 Å². The highest BCUT2D eigenvalue weighted by Crippen LogP contribution is 2.28. The molecule has 36 heavy (non-hydrogen) atoms.